The molecule has 0 saturated heterocycles. The van der Waals surface area contributed by atoms with Crippen molar-refractivity contribution in [2.45, 2.75) is 0 Å². The van der Waals surface area contributed by atoms with E-state index in [1.165, 1.54) is 23.5 Å². The van der Waals surface area contributed by atoms with Crippen LogP contribution in [0.25, 0.3) is 11.1 Å². The first-order chi connectivity index (χ1) is 7.16. The van der Waals surface area contributed by atoms with E-state index in [1.54, 1.807) is 23.6 Å². The highest BCUT2D eigenvalue weighted by Gasteiger charge is 2.14. The molecule has 0 bridgehead atoms. The van der Waals surface area contributed by atoms with Crippen molar-refractivity contribution in [3.63, 3.8) is 0 Å². The molecule has 2 nitrogen and oxygen atoms in total. The quantitative estimate of drug-likeness (QED) is 0.750. The van der Waals surface area contributed by atoms with Crippen LogP contribution in [0.2, 0.25) is 0 Å². The Bertz CT molecular complexity index is 470. The lowest BCUT2D eigenvalue weighted by Gasteiger charge is -1.96. The van der Waals surface area contributed by atoms with Crippen LogP contribution in [0.15, 0.2) is 35.7 Å². The predicted molar refractivity (Wildman–Crippen MR) is 59.5 cm³/mol. The fourth-order valence-electron chi connectivity index (χ4n) is 1.31. The van der Waals surface area contributed by atoms with Gasteiger partial charge in [0.25, 0.3) is 0 Å². The third kappa shape index (κ3) is 2.26. The van der Waals surface area contributed by atoms with Crippen LogP contribution >= 0.6 is 11.3 Å². The van der Waals surface area contributed by atoms with Gasteiger partial charge in [-0.1, -0.05) is 12.1 Å². The molecule has 0 aliphatic heterocycles. The van der Waals surface area contributed by atoms with Crippen LogP contribution in [0.3, 0.4) is 0 Å². The molecule has 2 N–H and O–H groups in total. The van der Waals surface area contributed by atoms with Gasteiger partial charge in [0.05, 0.1) is 0 Å². The zero-order valence-corrected chi connectivity index (χ0v) is 8.54. The average Bonchev–Trinajstić information content (AvgIpc) is 2.66. The Morgan fingerprint density at radius 3 is 2.53 bits per heavy atom. The number of rotatable bonds is 2. The molecule has 0 unspecified atom stereocenters. The van der Waals surface area contributed by atoms with Crippen molar-refractivity contribution in [2.24, 2.45) is 0 Å². The summed E-state index contributed by atoms with van der Waals surface area (Å²) < 4.78 is 13.4. The molecule has 0 aliphatic rings. The molecule has 1 aromatic carbocycles. The maximum atomic E-state index is 12.9. The zero-order valence-electron chi connectivity index (χ0n) is 7.72. The standard InChI is InChI=1S/C10H8BFO2S/c12-9-3-1-2-7(4-9)8-5-10(11(13)14)15-6-8/h1-6,13-14H. The van der Waals surface area contributed by atoms with Gasteiger partial charge in [-0.3, -0.25) is 0 Å². The molecule has 76 valence electrons. The molecule has 5 heteroatoms. The highest BCUT2D eigenvalue weighted by molar-refractivity contribution is 7.20. The fourth-order valence-corrected chi connectivity index (χ4v) is 2.09. The summed E-state index contributed by atoms with van der Waals surface area (Å²) in [5, 5.41) is 19.6. The van der Waals surface area contributed by atoms with E-state index in [1.807, 2.05) is 0 Å². The van der Waals surface area contributed by atoms with Gasteiger partial charge in [0.1, 0.15) is 5.82 Å². The minimum atomic E-state index is -1.46. The first kappa shape index (κ1) is 10.4. The summed E-state index contributed by atoms with van der Waals surface area (Å²) in [7, 11) is -1.46. The molecule has 15 heavy (non-hydrogen) atoms. The lowest BCUT2D eigenvalue weighted by Crippen LogP contribution is -2.26. The lowest BCUT2D eigenvalue weighted by atomic mass is 9.88. The monoisotopic (exact) mass is 222 g/mol. The molecule has 1 heterocycles. The van der Waals surface area contributed by atoms with Gasteiger partial charge >= 0.3 is 7.12 Å². The predicted octanol–water partition coefficient (Wildman–Crippen LogP) is 1.23. The van der Waals surface area contributed by atoms with Gasteiger partial charge in [-0.05, 0) is 34.7 Å². The number of thiophene rings is 1. The second-order valence-electron chi connectivity index (χ2n) is 3.12. The first-order valence-corrected chi connectivity index (χ1v) is 5.25. The molecule has 2 rings (SSSR count). The summed E-state index contributed by atoms with van der Waals surface area (Å²) >= 11 is 1.24. The van der Waals surface area contributed by atoms with E-state index in [-0.39, 0.29) is 5.82 Å². The van der Waals surface area contributed by atoms with E-state index in [9.17, 15) is 4.39 Å². The Balaban J connectivity index is 2.37. The van der Waals surface area contributed by atoms with Crippen LogP contribution in [0.5, 0.6) is 0 Å². The van der Waals surface area contributed by atoms with Crippen LogP contribution in [0.4, 0.5) is 4.39 Å². The third-order valence-electron chi connectivity index (χ3n) is 2.03. The van der Waals surface area contributed by atoms with Crippen LogP contribution in [-0.2, 0) is 0 Å². The minimum absolute atomic E-state index is 0.301. The Labute approximate surface area is 90.8 Å². The molecule has 0 spiro atoms. The van der Waals surface area contributed by atoms with E-state index in [2.05, 4.69) is 0 Å². The molecule has 0 aliphatic carbocycles. The van der Waals surface area contributed by atoms with Gasteiger partial charge in [-0.25, -0.2) is 4.39 Å². The highest BCUT2D eigenvalue weighted by atomic mass is 32.1. The van der Waals surface area contributed by atoms with Gasteiger partial charge in [0.15, 0.2) is 0 Å². The van der Waals surface area contributed by atoms with Crippen molar-refractivity contribution in [3.05, 3.63) is 41.5 Å². The fraction of sp³-hybridized carbons (Fsp3) is 0. The summed E-state index contributed by atoms with van der Waals surface area (Å²) in [5.41, 5.74) is 1.53. The number of hydrogen-bond donors (Lipinski definition) is 2. The maximum absolute atomic E-state index is 12.9. The maximum Gasteiger partial charge on any atom is 0.499 e. The van der Waals surface area contributed by atoms with Crippen LogP contribution in [-0.4, -0.2) is 17.2 Å². The van der Waals surface area contributed by atoms with Crippen LogP contribution in [0, 0.1) is 5.82 Å². The molecule has 0 amide bonds. The van der Waals surface area contributed by atoms with E-state index in [4.69, 9.17) is 10.0 Å². The average molecular weight is 222 g/mol. The first-order valence-electron chi connectivity index (χ1n) is 4.37. The molecule has 0 atom stereocenters. The number of benzene rings is 1. The van der Waals surface area contributed by atoms with E-state index < -0.39 is 7.12 Å². The molecule has 2 aromatic rings. The molecular weight excluding hydrogens is 214 g/mol. The summed E-state index contributed by atoms with van der Waals surface area (Å²) in [4.78, 5) is 0. The molecule has 1 aromatic heterocycles. The molecular formula is C10H8BFO2S. The van der Waals surface area contributed by atoms with E-state index in [0.29, 0.717) is 4.78 Å². The number of hydrogen-bond acceptors (Lipinski definition) is 3. The van der Waals surface area contributed by atoms with Crippen LogP contribution in [0.1, 0.15) is 0 Å². The summed E-state index contributed by atoms with van der Waals surface area (Å²) in [6.45, 7) is 0. The SMILES string of the molecule is OB(O)c1cc(-c2cccc(F)c2)cs1. The molecule has 0 fully saturated rings. The lowest BCUT2D eigenvalue weighted by molar-refractivity contribution is 0.427. The second kappa shape index (κ2) is 4.14. The second-order valence-corrected chi connectivity index (χ2v) is 4.06. The van der Waals surface area contributed by atoms with Gasteiger partial charge in [-0.15, -0.1) is 0 Å². The Morgan fingerprint density at radius 1 is 1.13 bits per heavy atom. The zero-order chi connectivity index (χ0) is 10.8. The van der Waals surface area contributed by atoms with Crippen molar-refractivity contribution in [3.8, 4) is 11.1 Å². The number of halogens is 1. The van der Waals surface area contributed by atoms with Crippen molar-refractivity contribution in [1.29, 1.82) is 0 Å². The summed E-state index contributed by atoms with van der Waals surface area (Å²) in [6.07, 6.45) is 0. The highest BCUT2D eigenvalue weighted by Crippen LogP contribution is 2.21. The van der Waals surface area contributed by atoms with Crippen molar-refractivity contribution in [1.82, 2.24) is 0 Å². The Morgan fingerprint density at radius 2 is 1.93 bits per heavy atom. The Kier molecular flexibility index (Phi) is 2.86. The summed E-state index contributed by atoms with van der Waals surface area (Å²) in [5.74, 6) is -0.301. The molecule has 0 radical (unpaired) electrons. The van der Waals surface area contributed by atoms with E-state index >= 15 is 0 Å². The largest absolute Gasteiger partial charge is 0.499 e. The molecule has 0 saturated carbocycles. The van der Waals surface area contributed by atoms with Crippen LogP contribution < -0.4 is 4.78 Å². The van der Waals surface area contributed by atoms with Gasteiger partial charge in [0.2, 0.25) is 0 Å². The van der Waals surface area contributed by atoms with Crippen molar-refractivity contribution < 1.29 is 14.4 Å². The third-order valence-corrected chi connectivity index (χ3v) is 3.00. The summed E-state index contributed by atoms with van der Waals surface area (Å²) in [6, 6.07) is 7.83. The van der Waals surface area contributed by atoms with Crippen molar-refractivity contribution >= 4 is 23.2 Å². The Hall–Kier alpha value is -1.17. The van der Waals surface area contributed by atoms with Crippen molar-refractivity contribution in [2.75, 3.05) is 0 Å². The van der Waals surface area contributed by atoms with E-state index in [0.717, 1.165) is 11.1 Å². The smallest absolute Gasteiger partial charge is 0.423 e. The van der Waals surface area contributed by atoms with Gasteiger partial charge in [0, 0.05) is 4.78 Å². The van der Waals surface area contributed by atoms with Gasteiger partial charge in [-0.2, -0.15) is 11.3 Å². The normalized spacial score (nSPS) is 10.3. The minimum Gasteiger partial charge on any atom is -0.423 e. The van der Waals surface area contributed by atoms with Gasteiger partial charge < -0.3 is 10.0 Å². The topological polar surface area (TPSA) is 40.5 Å².